The molecule has 116 valence electrons. The smallest absolute Gasteiger partial charge is 0.224 e. The molecule has 2 rings (SSSR count). The third-order valence-corrected chi connectivity index (χ3v) is 3.67. The Morgan fingerprint density at radius 2 is 1.64 bits per heavy atom. The van der Waals surface area contributed by atoms with Crippen LogP contribution >= 0.6 is 0 Å². The van der Waals surface area contributed by atoms with Gasteiger partial charge in [-0.15, -0.1) is 0 Å². The maximum atomic E-state index is 12.1. The Hall–Kier alpha value is -2.13. The van der Waals surface area contributed by atoms with Gasteiger partial charge in [0.2, 0.25) is 5.91 Å². The number of ether oxygens (including phenoxy) is 1. The number of aryl methyl sites for hydroxylation is 1. The van der Waals surface area contributed by atoms with Crippen molar-refractivity contribution in [3.63, 3.8) is 0 Å². The number of carbonyl (C=O) groups excluding carboxylic acids is 1. The highest BCUT2D eigenvalue weighted by Gasteiger charge is 2.07. The molecule has 0 saturated carbocycles. The van der Waals surface area contributed by atoms with E-state index >= 15 is 0 Å². The minimum atomic E-state index is 0.0421. The summed E-state index contributed by atoms with van der Waals surface area (Å²) in [5.41, 5.74) is 4.45. The Morgan fingerprint density at radius 3 is 2.32 bits per heavy atom. The normalized spacial score (nSPS) is 10.5. The highest BCUT2D eigenvalue weighted by Crippen LogP contribution is 2.11. The molecule has 3 heteroatoms. The van der Waals surface area contributed by atoms with E-state index in [0.717, 1.165) is 22.3 Å². The molecule has 0 heterocycles. The standard InChI is InChI=1S/C19H23NO2/c1-3-22-14-18-11-7-6-10-17(18)13-20-19(21)12-16-9-5-4-8-15(16)2/h4-11H,3,12-14H2,1-2H3,(H,20,21). The van der Waals surface area contributed by atoms with Crippen molar-refractivity contribution in [2.24, 2.45) is 0 Å². The van der Waals surface area contributed by atoms with Crippen molar-refractivity contribution in [3.8, 4) is 0 Å². The number of benzene rings is 2. The number of amides is 1. The average Bonchev–Trinajstić information content (AvgIpc) is 2.54. The van der Waals surface area contributed by atoms with E-state index in [1.165, 1.54) is 0 Å². The summed E-state index contributed by atoms with van der Waals surface area (Å²) in [6.45, 7) is 5.81. The second kappa shape index (κ2) is 8.35. The van der Waals surface area contributed by atoms with Gasteiger partial charge in [0.05, 0.1) is 13.0 Å². The lowest BCUT2D eigenvalue weighted by Crippen LogP contribution is -2.25. The summed E-state index contributed by atoms with van der Waals surface area (Å²) in [5, 5.41) is 3.00. The maximum Gasteiger partial charge on any atom is 0.224 e. The van der Waals surface area contributed by atoms with Gasteiger partial charge >= 0.3 is 0 Å². The molecule has 0 aliphatic heterocycles. The van der Waals surface area contributed by atoms with Crippen LogP contribution < -0.4 is 5.32 Å². The van der Waals surface area contributed by atoms with Crippen LogP contribution in [-0.4, -0.2) is 12.5 Å². The molecule has 0 fully saturated rings. The molecule has 1 amide bonds. The van der Waals surface area contributed by atoms with Crippen molar-refractivity contribution in [1.82, 2.24) is 5.32 Å². The van der Waals surface area contributed by atoms with Gasteiger partial charge in [-0.3, -0.25) is 4.79 Å². The predicted octanol–water partition coefficient (Wildman–Crippen LogP) is 3.39. The number of hydrogen-bond acceptors (Lipinski definition) is 2. The molecular formula is C19H23NO2. The summed E-state index contributed by atoms with van der Waals surface area (Å²) in [7, 11) is 0. The quantitative estimate of drug-likeness (QED) is 0.850. The Morgan fingerprint density at radius 1 is 1.00 bits per heavy atom. The summed E-state index contributed by atoms with van der Waals surface area (Å²) >= 11 is 0. The molecule has 0 bridgehead atoms. The largest absolute Gasteiger partial charge is 0.377 e. The van der Waals surface area contributed by atoms with Gasteiger partial charge in [-0.1, -0.05) is 48.5 Å². The Labute approximate surface area is 132 Å². The highest BCUT2D eigenvalue weighted by atomic mass is 16.5. The Kier molecular flexibility index (Phi) is 6.16. The first-order valence-electron chi connectivity index (χ1n) is 7.66. The van der Waals surface area contributed by atoms with Gasteiger partial charge in [0, 0.05) is 13.2 Å². The molecule has 22 heavy (non-hydrogen) atoms. The summed E-state index contributed by atoms with van der Waals surface area (Å²) in [4.78, 5) is 12.1. The molecule has 0 aliphatic carbocycles. The van der Waals surface area contributed by atoms with E-state index < -0.39 is 0 Å². The lowest BCUT2D eigenvalue weighted by molar-refractivity contribution is -0.120. The lowest BCUT2D eigenvalue weighted by Gasteiger charge is -2.11. The van der Waals surface area contributed by atoms with Crippen molar-refractivity contribution in [3.05, 3.63) is 70.8 Å². The zero-order valence-corrected chi connectivity index (χ0v) is 13.3. The number of hydrogen-bond donors (Lipinski definition) is 1. The fraction of sp³-hybridized carbons (Fsp3) is 0.316. The minimum Gasteiger partial charge on any atom is -0.377 e. The molecule has 2 aromatic rings. The van der Waals surface area contributed by atoms with Crippen LogP contribution in [0.3, 0.4) is 0 Å². The minimum absolute atomic E-state index is 0.0421. The monoisotopic (exact) mass is 297 g/mol. The van der Waals surface area contributed by atoms with E-state index in [2.05, 4.69) is 5.32 Å². The van der Waals surface area contributed by atoms with Gasteiger partial charge in [-0.05, 0) is 36.1 Å². The topological polar surface area (TPSA) is 38.3 Å². The van der Waals surface area contributed by atoms with Crippen LogP contribution in [0.4, 0.5) is 0 Å². The third kappa shape index (κ3) is 4.71. The summed E-state index contributed by atoms with van der Waals surface area (Å²) in [6, 6.07) is 16.0. The summed E-state index contributed by atoms with van der Waals surface area (Å²) in [5.74, 6) is 0.0421. The van der Waals surface area contributed by atoms with Crippen molar-refractivity contribution in [1.29, 1.82) is 0 Å². The first-order valence-corrected chi connectivity index (χ1v) is 7.66. The fourth-order valence-electron chi connectivity index (χ4n) is 2.32. The molecule has 0 spiro atoms. The van der Waals surface area contributed by atoms with Crippen LogP contribution in [0.15, 0.2) is 48.5 Å². The van der Waals surface area contributed by atoms with Gasteiger partial charge in [0.25, 0.3) is 0 Å². The van der Waals surface area contributed by atoms with Gasteiger partial charge in [0.1, 0.15) is 0 Å². The van der Waals surface area contributed by atoms with E-state index in [-0.39, 0.29) is 5.91 Å². The zero-order chi connectivity index (χ0) is 15.8. The third-order valence-electron chi connectivity index (χ3n) is 3.67. The van der Waals surface area contributed by atoms with Crippen molar-refractivity contribution >= 4 is 5.91 Å². The molecule has 2 aromatic carbocycles. The summed E-state index contributed by atoms with van der Waals surface area (Å²) < 4.78 is 5.47. The Balaban J connectivity index is 1.92. The van der Waals surface area contributed by atoms with Gasteiger partial charge in [-0.25, -0.2) is 0 Å². The first kappa shape index (κ1) is 16.2. The number of rotatable bonds is 7. The number of carbonyl (C=O) groups is 1. The molecule has 0 aromatic heterocycles. The lowest BCUT2D eigenvalue weighted by atomic mass is 10.1. The molecule has 0 aliphatic rings. The molecule has 0 radical (unpaired) electrons. The SMILES string of the molecule is CCOCc1ccccc1CNC(=O)Cc1ccccc1C. The zero-order valence-electron chi connectivity index (χ0n) is 13.3. The second-order valence-electron chi connectivity index (χ2n) is 5.29. The van der Waals surface area contributed by atoms with Crippen LogP contribution in [0, 0.1) is 6.92 Å². The molecule has 0 atom stereocenters. The number of nitrogens with one attached hydrogen (secondary N) is 1. The molecule has 0 unspecified atom stereocenters. The van der Waals surface area contributed by atoms with Crippen LogP contribution in [-0.2, 0) is 29.1 Å². The van der Waals surface area contributed by atoms with Crippen LogP contribution in [0.1, 0.15) is 29.2 Å². The first-order chi connectivity index (χ1) is 10.7. The van der Waals surface area contributed by atoms with E-state index in [1.54, 1.807) is 0 Å². The average molecular weight is 297 g/mol. The molecular weight excluding hydrogens is 274 g/mol. The van der Waals surface area contributed by atoms with E-state index in [4.69, 9.17) is 4.74 Å². The van der Waals surface area contributed by atoms with Gasteiger partial charge in [-0.2, -0.15) is 0 Å². The predicted molar refractivity (Wildman–Crippen MR) is 88.5 cm³/mol. The fourth-order valence-corrected chi connectivity index (χ4v) is 2.32. The molecule has 0 saturated heterocycles. The van der Waals surface area contributed by atoms with Crippen molar-refractivity contribution < 1.29 is 9.53 Å². The van der Waals surface area contributed by atoms with Gasteiger partial charge < -0.3 is 10.1 Å². The molecule has 1 N–H and O–H groups in total. The Bertz CT molecular complexity index is 622. The van der Waals surface area contributed by atoms with Crippen LogP contribution in [0.2, 0.25) is 0 Å². The summed E-state index contributed by atoms with van der Waals surface area (Å²) in [6.07, 6.45) is 0.417. The van der Waals surface area contributed by atoms with Crippen molar-refractivity contribution in [2.75, 3.05) is 6.61 Å². The maximum absolute atomic E-state index is 12.1. The van der Waals surface area contributed by atoms with Crippen molar-refractivity contribution in [2.45, 2.75) is 33.4 Å². The van der Waals surface area contributed by atoms with E-state index in [9.17, 15) is 4.79 Å². The van der Waals surface area contributed by atoms with E-state index in [0.29, 0.717) is 26.2 Å². The van der Waals surface area contributed by atoms with Crippen LogP contribution in [0.25, 0.3) is 0 Å². The second-order valence-corrected chi connectivity index (χ2v) is 5.29. The van der Waals surface area contributed by atoms with Crippen LogP contribution in [0.5, 0.6) is 0 Å². The van der Waals surface area contributed by atoms with E-state index in [1.807, 2.05) is 62.4 Å². The highest BCUT2D eigenvalue weighted by molar-refractivity contribution is 5.78. The molecule has 3 nitrogen and oxygen atoms in total. The van der Waals surface area contributed by atoms with Gasteiger partial charge in [0.15, 0.2) is 0 Å².